The van der Waals surface area contributed by atoms with Gasteiger partial charge in [-0.25, -0.2) is 14.4 Å². The van der Waals surface area contributed by atoms with Crippen LogP contribution in [0, 0.1) is 11.7 Å². The Morgan fingerprint density at radius 1 is 1.38 bits per heavy atom. The standard InChI is InChI=1S/C17H19FN4O2/c1-24-15-5-4-12(18)7-13(15)14-8-16(21-10-20-14)22-17(23)11-3-2-6-19-9-11/h4-5,7-8,10-11,19H,2-3,6,9H2,1H3,(H,20,21,22,23). The summed E-state index contributed by atoms with van der Waals surface area (Å²) in [5, 5.41) is 6.02. The number of carbonyl (C=O) groups excluding carboxylic acids is 1. The molecule has 2 heterocycles. The molecule has 1 saturated heterocycles. The van der Waals surface area contributed by atoms with E-state index in [4.69, 9.17) is 4.74 Å². The summed E-state index contributed by atoms with van der Waals surface area (Å²) >= 11 is 0. The minimum absolute atomic E-state index is 0.0686. The summed E-state index contributed by atoms with van der Waals surface area (Å²) in [6.45, 7) is 1.61. The van der Waals surface area contributed by atoms with Crippen LogP contribution in [-0.4, -0.2) is 36.1 Å². The largest absolute Gasteiger partial charge is 0.496 e. The quantitative estimate of drug-likeness (QED) is 0.899. The molecule has 1 unspecified atom stereocenters. The van der Waals surface area contributed by atoms with Crippen molar-refractivity contribution in [3.8, 4) is 17.0 Å². The molecule has 0 radical (unpaired) electrons. The number of anilines is 1. The fourth-order valence-electron chi connectivity index (χ4n) is 2.76. The third-order valence-electron chi connectivity index (χ3n) is 4.02. The molecule has 0 spiro atoms. The summed E-state index contributed by atoms with van der Waals surface area (Å²) in [5.74, 6) is 0.368. The average molecular weight is 330 g/mol. The van der Waals surface area contributed by atoms with Gasteiger partial charge in [0.15, 0.2) is 0 Å². The van der Waals surface area contributed by atoms with Crippen LogP contribution in [0.3, 0.4) is 0 Å². The van der Waals surface area contributed by atoms with Gasteiger partial charge in [0.1, 0.15) is 23.7 Å². The number of nitrogens with zero attached hydrogens (tertiary/aromatic N) is 2. The van der Waals surface area contributed by atoms with Gasteiger partial charge >= 0.3 is 0 Å². The molecular formula is C17H19FN4O2. The molecule has 1 aliphatic rings. The molecule has 24 heavy (non-hydrogen) atoms. The minimum Gasteiger partial charge on any atom is -0.496 e. The molecule has 3 rings (SSSR count). The Morgan fingerprint density at radius 2 is 2.25 bits per heavy atom. The minimum atomic E-state index is -0.386. The van der Waals surface area contributed by atoms with E-state index in [9.17, 15) is 9.18 Å². The SMILES string of the molecule is COc1ccc(F)cc1-c1cc(NC(=O)C2CCCNC2)ncn1. The summed E-state index contributed by atoms with van der Waals surface area (Å²) in [4.78, 5) is 20.5. The second kappa shape index (κ2) is 7.35. The highest BCUT2D eigenvalue weighted by Crippen LogP contribution is 2.30. The third-order valence-corrected chi connectivity index (χ3v) is 4.02. The van der Waals surface area contributed by atoms with E-state index in [-0.39, 0.29) is 17.6 Å². The van der Waals surface area contributed by atoms with Crippen molar-refractivity contribution >= 4 is 11.7 Å². The number of hydrogen-bond donors (Lipinski definition) is 2. The van der Waals surface area contributed by atoms with E-state index < -0.39 is 0 Å². The molecule has 1 aliphatic heterocycles. The molecule has 126 valence electrons. The van der Waals surface area contributed by atoms with E-state index in [0.29, 0.717) is 29.4 Å². The number of amides is 1. The predicted octanol–water partition coefficient (Wildman–Crippen LogP) is 2.23. The van der Waals surface area contributed by atoms with E-state index in [2.05, 4.69) is 20.6 Å². The van der Waals surface area contributed by atoms with Gasteiger partial charge in [0.05, 0.1) is 18.7 Å². The second-order valence-electron chi connectivity index (χ2n) is 5.67. The molecule has 1 aromatic heterocycles. The molecular weight excluding hydrogens is 311 g/mol. The Labute approximate surface area is 139 Å². The highest BCUT2D eigenvalue weighted by atomic mass is 19.1. The number of piperidine rings is 1. The van der Waals surface area contributed by atoms with Crippen molar-refractivity contribution in [1.29, 1.82) is 0 Å². The van der Waals surface area contributed by atoms with Crippen molar-refractivity contribution in [2.24, 2.45) is 5.92 Å². The number of ether oxygens (including phenoxy) is 1. The van der Waals surface area contributed by atoms with Gasteiger partial charge in [-0.2, -0.15) is 0 Å². The summed E-state index contributed by atoms with van der Waals surface area (Å²) in [5.41, 5.74) is 0.994. The summed E-state index contributed by atoms with van der Waals surface area (Å²) < 4.78 is 18.8. The molecule has 2 aromatic rings. The van der Waals surface area contributed by atoms with Crippen molar-refractivity contribution in [3.63, 3.8) is 0 Å². The molecule has 1 aromatic carbocycles. The first-order valence-corrected chi connectivity index (χ1v) is 7.85. The number of carbonyl (C=O) groups is 1. The number of halogens is 1. The predicted molar refractivity (Wildman–Crippen MR) is 88.2 cm³/mol. The highest BCUT2D eigenvalue weighted by Gasteiger charge is 2.21. The molecule has 1 atom stereocenters. The van der Waals surface area contributed by atoms with E-state index in [1.165, 1.54) is 25.6 Å². The van der Waals surface area contributed by atoms with Gasteiger partial charge in [-0.1, -0.05) is 0 Å². The van der Waals surface area contributed by atoms with Crippen LogP contribution in [0.15, 0.2) is 30.6 Å². The van der Waals surface area contributed by atoms with Crippen molar-refractivity contribution in [3.05, 3.63) is 36.4 Å². The normalized spacial score (nSPS) is 17.3. The van der Waals surface area contributed by atoms with Crippen molar-refractivity contribution in [1.82, 2.24) is 15.3 Å². The van der Waals surface area contributed by atoms with Crippen LogP contribution in [0.4, 0.5) is 10.2 Å². The molecule has 0 bridgehead atoms. The number of methoxy groups -OCH3 is 1. The van der Waals surface area contributed by atoms with Gasteiger partial charge in [-0.15, -0.1) is 0 Å². The van der Waals surface area contributed by atoms with E-state index in [1.54, 1.807) is 12.1 Å². The monoisotopic (exact) mass is 330 g/mol. The maximum absolute atomic E-state index is 13.5. The molecule has 0 aliphatic carbocycles. The van der Waals surface area contributed by atoms with Gasteiger partial charge in [0.2, 0.25) is 5.91 Å². The van der Waals surface area contributed by atoms with Gasteiger partial charge in [0, 0.05) is 18.2 Å². The Kier molecular flexibility index (Phi) is 5.00. The van der Waals surface area contributed by atoms with Crippen molar-refractivity contribution < 1.29 is 13.9 Å². The molecule has 2 N–H and O–H groups in total. The van der Waals surface area contributed by atoms with E-state index >= 15 is 0 Å². The van der Waals surface area contributed by atoms with E-state index in [0.717, 1.165) is 19.4 Å². The van der Waals surface area contributed by atoms with Gasteiger partial charge < -0.3 is 15.4 Å². The fourth-order valence-corrected chi connectivity index (χ4v) is 2.76. The van der Waals surface area contributed by atoms with Crippen LogP contribution in [0.25, 0.3) is 11.3 Å². The first-order valence-electron chi connectivity index (χ1n) is 7.85. The van der Waals surface area contributed by atoms with Crippen LogP contribution in [-0.2, 0) is 4.79 Å². The molecule has 0 saturated carbocycles. The zero-order valence-corrected chi connectivity index (χ0v) is 13.4. The van der Waals surface area contributed by atoms with Crippen LogP contribution in [0.1, 0.15) is 12.8 Å². The Hall–Kier alpha value is -2.54. The second-order valence-corrected chi connectivity index (χ2v) is 5.67. The fraction of sp³-hybridized carbons (Fsp3) is 0.353. The first-order chi connectivity index (χ1) is 11.7. The number of aromatic nitrogens is 2. The Bertz CT molecular complexity index is 732. The zero-order chi connectivity index (χ0) is 16.9. The summed E-state index contributed by atoms with van der Waals surface area (Å²) in [7, 11) is 1.51. The summed E-state index contributed by atoms with van der Waals surface area (Å²) in [6, 6.07) is 5.82. The number of nitrogens with one attached hydrogen (secondary N) is 2. The molecule has 6 nitrogen and oxygen atoms in total. The lowest BCUT2D eigenvalue weighted by atomic mass is 9.99. The number of hydrogen-bond acceptors (Lipinski definition) is 5. The lowest BCUT2D eigenvalue weighted by molar-refractivity contribution is -0.120. The first kappa shape index (κ1) is 16.3. The molecule has 7 heteroatoms. The van der Waals surface area contributed by atoms with Crippen LogP contribution < -0.4 is 15.4 Å². The van der Waals surface area contributed by atoms with Crippen LogP contribution >= 0.6 is 0 Å². The molecule has 1 amide bonds. The number of rotatable bonds is 4. The lowest BCUT2D eigenvalue weighted by Gasteiger charge is -2.21. The number of benzene rings is 1. The van der Waals surface area contributed by atoms with Crippen LogP contribution in [0.2, 0.25) is 0 Å². The maximum atomic E-state index is 13.5. The average Bonchev–Trinajstić information content (AvgIpc) is 2.62. The van der Waals surface area contributed by atoms with Crippen molar-refractivity contribution in [2.45, 2.75) is 12.8 Å². The van der Waals surface area contributed by atoms with E-state index in [1.807, 2.05) is 0 Å². The van der Waals surface area contributed by atoms with Gasteiger partial charge in [0.25, 0.3) is 0 Å². The lowest BCUT2D eigenvalue weighted by Crippen LogP contribution is -2.37. The smallest absolute Gasteiger partial charge is 0.229 e. The molecule has 1 fully saturated rings. The van der Waals surface area contributed by atoms with Gasteiger partial charge in [-0.3, -0.25) is 4.79 Å². The summed E-state index contributed by atoms with van der Waals surface area (Å²) in [6.07, 6.45) is 3.18. The third kappa shape index (κ3) is 3.68. The Morgan fingerprint density at radius 3 is 3.00 bits per heavy atom. The van der Waals surface area contributed by atoms with Crippen molar-refractivity contribution in [2.75, 3.05) is 25.5 Å². The van der Waals surface area contributed by atoms with Crippen LogP contribution in [0.5, 0.6) is 5.75 Å². The highest BCUT2D eigenvalue weighted by molar-refractivity contribution is 5.92. The maximum Gasteiger partial charge on any atom is 0.229 e. The van der Waals surface area contributed by atoms with Gasteiger partial charge in [-0.05, 0) is 37.6 Å². The topological polar surface area (TPSA) is 76.1 Å². The zero-order valence-electron chi connectivity index (χ0n) is 13.4. The Balaban J connectivity index is 1.81.